The average molecular weight is 309 g/mol. The van der Waals surface area contributed by atoms with E-state index in [0.29, 0.717) is 11.3 Å². The Morgan fingerprint density at radius 1 is 1.26 bits per heavy atom. The summed E-state index contributed by atoms with van der Waals surface area (Å²) in [5.41, 5.74) is 1.71. The number of nitriles is 1. The first-order valence-electron chi connectivity index (χ1n) is 7.42. The summed E-state index contributed by atoms with van der Waals surface area (Å²) in [4.78, 5) is 24.8. The second-order valence-corrected chi connectivity index (χ2v) is 5.82. The van der Waals surface area contributed by atoms with Gasteiger partial charge < -0.3 is 9.88 Å². The molecule has 1 unspecified atom stereocenters. The predicted octanol–water partition coefficient (Wildman–Crippen LogP) is 2.86. The van der Waals surface area contributed by atoms with E-state index in [0.717, 1.165) is 5.56 Å². The van der Waals surface area contributed by atoms with Crippen LogP contribution in [0.4, 0.5) is 5.69 Å². The van der Waals surface area contributed by atoms with Crippen LogP contribution in [-0.2, 0) is 4.79 Å². The Hall–Kier alpha value is -2.87. The van der Waals surface area contributed by atoms with Crippen LogP contribution < -0.4 is 10.9 Å². The molecule has 1 heterocycles. The SMILES string of the molecule is Cc1ccc(=O)n(C(C(=O)Nc2cccc(C#N)c2)C(C)C)c1. The number of pyridine rings is 1. The van der Waals surface area contributed by atoms with E-state index >= 15 is 0 Å². The van der Waals surface area contributed by atoms with Gasteiger partial charge in [0.2, 0.25) is 5.91 Å². The molecule has 1 aromatic carbocycles. The van der Waals surface area contributed by atoms with Crippen molar-refractivity contribution in [3.63, 3.8) is 0 Å². The van der Waals surface area contributed by atoms with Crippen LogP contribution in [-0.4, -0.2) is 10.5 Å². The lowest BCUT2D eigenvalue weighted by Gasteiger charge is -2.23. The Balaban J connectivity index is 2.34. The fraction of sp³-hybridized carbons (Fsp3) is 0.278. The van der Waals surface area contributed by atoms with E-state index < -0.39 is 6.04 Å². The molecule has 1 N–H and O–H groups in total. The van der Waals surface area contributed by atoms with E-state index in [-0.39, 0.29) is 17.4 Å². The number of hydrogen-bond donors (Lipinski definition) is 1. The van der Waals surface area contributed by atoms with Crippen molar-refractivity contribution in [2.24, 2.45) is 5.92 Å². The highest BCUT2D eigenvalue weighted by molar-refractivity contribution is 5.94. The highest BCUT2D eigenvalue weighted by Gasteiger charge is 2.25. The predicted molar refractivity (Wildman–Crippen MR) is 89.1 cm³/mol. The molecule has 1 atom stereocenters. The quantitative estimate of drug-likeness (QED) is 0.943. The zero-order valence-electron chi connectivity index (χ0n) is 13.4. The zero-order valence-corrected chi connectivity index (χ0v) is 13.4. The number of nitrogens with one attached hydrogen (secondary N) is 1. The maximum Gasteiger partial charge on any atom is 0.251 e. The smallest absolute Gasteiger partial charge is 0.251 e. The van der Waals surface area contributed by atoms with Crippen LogP contribution in [0.1, 0.15) is 31.0 Å². The standard InChI is InChI=1S/C18H19N3O2/c1-12(2)17(21-11-13(3)7-8-16(21)22)18(23)20-15-6-4-5-14(9-15)10-19/h4-9,11-12,17H,1-3H3,(H,20,23). The third-order valence-corrected chi connectivity index (χ3v) is 3.55. The van der Waals surface area contributed by atoms with Crippen molar-refractivity contribution in [1.29, 1.82) is 5.26 Å². The number of amides is 1. The second-order valence-electron chi connectivity index (χ2n) is 5.82. The Kier molecular flexibility index (Phi) is 4.97. The average Bonchev–Trinajstić information content (AvgIpc) is 2.50. The molecule has 0 radical (unpaired) electrons. The Bertz CT molecular complexity index is 816. The summed E-state index contributed by atoms with van der Waals surface area (Å²) >= 11 is 0. The van der Waals surface area contributed by atoms with Gasteiger partial charge in [-0.25, -0.2) is 0 Å². The summed E-state index contributed by atoms with van der Waals surface area (Å²) in [6, 6.07) is 11.3. The second kappa shape index (κ2) is 6.93. The molecule has 0 bridgehead atoms. The lowest BCUT2D eigenvalue weighted by molar-refractivity contribution is -0.120. The molecule has 2 aromatic rings. The van der Waals surface area contributed by atoms with Gasteiger partial charge >= 0.3 is 0 Å². The minimum absolute atomic E-state index is 0.0614. The van der Waals surface area contributed by atoms with Crippen molar-refractivity contribution in [1.82, 2.24) is 4.57 Å². The summed E-state index contributed by atoms with van der Waals surface area (Å²) in [5, 5.41) is 11.7. The number of nitrogens with zero attached hydrogens (tertiary/aromatic N) is 2. The van der Waals surface area contributed by atoms with E-state index in [1.54, 1.807) is 36.5 Å². The fourth-order valence-corrected chi connectivity index (χ4v) is 2.47. The van der Waals surface area contributed by atoms with Crippen LogP contribution in [0, 0.1) is 24.2 Å². The highest BCUT2D eigenvalue weighted by Crippen LogP contribution is 2.20. The molecule has 0 aliphatic heterocycles. The zero-order chi connectivity index (χ0) is 17.0. The number of carbonyl (C=O) groups excluding carboxylic acids is 1. The molecule has 5 heteroatoms. The molecule has 0 fully saturated rings. The van der Waals surface area contributed by atoms with Crippen molar-refractivity contribution in [2.75, 3.05) is 5.32 Å². The molecular formula is C18H19N3O2. The first-order chi connectivity index (χ1) is 10.9. The van der Waals surface area contributed by atoms with Gasteiger partial charge in [0.1, 0.15) is 6.04 Å². The minimum atomic E-state index is -0.617. The lowest BCUT2D eigenvalue weighted by atomic mass is 10.0. The van der Waals surface area contributed by atoms with E-state index in [1.165, 1.54) is 10.6 Å². The van der Waals surface area contributed by atoms with Crippen LogP contribution in [0.2, 0.25) is 0 Å². The van der Waals surface area contributed by atoms with Crippen molar-refractivity contribution < 1.29 is 4.79 Å². The molecule has 0 spiro atoms. The molecule has 0 saturated heterocycles. The van der Waals surface area contributed by atoms with Crippen molar-refractivity contribution in [2.45, 2.75) is 26.8 Å². The fourth-order valence-electron chi connectivity index (χ4n) is 2.47. The van der Waals surface area contributed by atoms with Gasteiger partial charge in [-0.1, -0.05) is 26.0 Å². The maximum absolute atomic E-state index is 12.7. The molecule has 5 nitrogen and oxygen atoms in total. The van der Waals surface area contributed by atoms with Gasteiger partial charge in [0, 0.05) is 18.0 Å². The Labute approximate surface area is 135 Å². The van der Waals surface area contributed by atoms with Gasteiger partial charge in [-0.05, 0) is 36.6 Å². The topological polar surface area (TPSA) is 74.9 Å². The number of aryl methyl sites for hydroxylation is 1. The number of anilines is 1. The van der Waals surface area contributed by atoms with Crippen molar-refractivity contribution >= 4 is 11.6 Å². The normalized spacial score (nSPS) is 11.8. The molecule has 0 aliphatic carbocycles. The van der Waals surface area contributed by atoms with Gasteiger partial charge in [-0.2, -0.15) is 5.26 Å². The monoisotopic (exact) mass is 309 g/mol. The summed E-state index contributed by atoms with van der Waals surface area (Å²) in [6.45, 7) is 5.66. The largest absolute Gasteiger partial charge is 0.324 e. The van der Waals surface area contributed by atoms with E-state index in [2.05, 4.69) is 5.32 Å². The number of rotatable bonds is 4. The summed E-state index contributed by atoms with van der Waals surface area (Å²) in [6.07, 6.45) is 1.69. The maximum atomic E-state index is 12.7. The van der Waals surface area contributed by atoms with Gasteiger partial charge in [0.05, 0.1) is 11.6 Å². The Morgan fingerprint density at radius 3 is 2.65 bits per heavy atom. The van der Waals surface area contributed by atoms with Crippen LogP contribution in [0.15, 0.2) is 47.4 Å². The van der Waals surface area contributed by atoms with Gasteiger partial charge in [0.25, 0.3) is 5.56 Å². The molecule has 0 saturated carbocycles. The highest BCUT2D eigenvalue weighted by atomic mass is 16.2. The molecule has 118 valence electrons. The lowest BCUT2D eigenvalue weighted by Crippen LogP contribution is -2.36. The van der Waals surface area contributed by atoms with Crippen LogP contribution in [0.5, 0.6) is 0 Å². The third kappa shape index (κ3) is 3.86. The van der Waals surface area contributed by atoms with E-state index in [4.69, 9.17) is 5.26 Å². The summed E-state index contributed by atoms with van der Waals surface area (Å²) in [5.74, 6) is -0.337. The molecule has 0 aliphatic rings. The number of aromatic nitrogens is 1. The molecule has 1 amide bonds. The molecule has 1 aromatic heterocycles. The van der Waals surface area contributed by atoms with Crippen molar-refractivity contribution in [3.05, 3.63) is 64.1 Å². The number of hydrogen-bond acceptors (Lipinski definition) is 3. The molecule has 23 heavy (non-hydrogen) atoms. The molecule has 2 rings (SSSR count). The van der Waals surface area contributed by atoms with Crippen LogP contribution in [0.3, 0.4) is 0 Å². The first-order valence-corrected chi connectivity index (χ1v) is 7.42. The summed E-state index contributed by atoms with van der Waals surface area (Å²) in [7, 11) is 0. The third-order valence-electron chi connectivity index (χ3n) is 3.55. The number of carbonyl (C=O) groups is 1. The minimum Gasteiger partial charge on any atom is -0.324 e. The van der Waals surface area contributed by atoms with Crippen LogP contribution >= 0.6 is 0 Å². The molecular weight excluding hydrogens is 290 g/mol. The Morgan fingerprint density at radius 2 is 2.00 bits per heavy atom. The summed E-state index contributed by atoms with van der Waals surface area (Å²) < 4.78 is 1.46. The van der Waals surface area contributed by atoms with Crippen molar-refractivity contribution in [3.8, 4) is 6.07 Å². The van der Waals surface area contributed by atoms with Gasteiger partial charge in [0.15, 0.2) is 0 Å². The van der Waals surface area contributed by atoms with Crippen LogP contribution in [0.25, 0.3) is 0 Å². The van der Waals surface area contributed by atoms with Gasteiger partial charge in [-0.15, -0.1) is 0 Å². The van der Waals surface area contributed by atoms with E-state index in [9.17, 15) is 9.59 Å². The van der Waals surface area contributed by atoms with E-state index in [1.807, 2.05) is 26.8 Å². The number of benzene rings is 1. The first kappa shape index (κ1) is 16.5. The van der Waals surface area contributed by atoms with Gasteiger partial charge in [-0.3, -0.25) is 9.59 Å².